The van der Waals surface area contributed by atoms with E-state index in [4.69, 9.17) is 4.74 Å². The number of Topliss-reactive ketones (excluding diaryl/α,β-unsaturated/α-hetero) is 1. The maximum Gasteiger partial charge on any atom is 0.161 e. The average molecular weight is 128 g/mol. The van der Waals surface area contributed by atoms with Gasteiger partial charge in [-0.2, -0.15) is 0 Å². The minimum atomic E-state index is -0.0787. The van der Waals surface area contributed by atoms with Crippen molar-refractivity contribution in [3.05, 3.63) is 0 Å². The lowest BCUT2D eigenvalue weighted by molar-refractivity contribution is -0.118. The van der Waals surface area contributed by atoms with Gasteiger partial charge in [-0.1, -0.05) is 13.8 Å². The topological polar surface area (TPSA) is 29.6 Å². The molecule has 0 bridgehead atoms. The van der Waals surface area contributed by atoms with Gasteiger partial charge in [0.05, 0.1) is 6.10 Å². The first-order chi connectivity index (χ1) is 4.13. The molecule has 1 fully saturated rings. The fraction of sp³-hybridized carbons (Fsp3) is 0.857. The lowest BCUT2D eigenvalue weighted by Crippen LogP contribution is -2.08. The van der Waals surface area contributed by atoms with Crippen LogP contribution in [0.25, 0.3) is 0 Å². The van der Waals surface area contributed by atoms with Gasteiger partial charge in [-0.25, -0.2) is 0 Å². The Kier molecular flexibility index (Phi) is 1.58. The zero-order chi connectivity index (χ0) is 7.02. The molecule has 52 valence electrons. The molecule has 1 heterocycles. The van der Waals surface area contributed by atoms with Crippen molar-refractivity contribution >= 4 is 5.78 Å². The van der Waals surface area contributed by atoms with Gasteiger partial charge in [-0.15, -0.1) is 0 Å². The Morgan fingerprint density at radius 2 is 2.11 bits per heavy atom. The highest BCUT2D eigenvalue weighted by molar-refractivity contribution is 5.83. The first-order valence-corrected chi connectivity index (χ1v) is 3.29. The van der Waals surface area contributed by atoms with E-state index in [1.807, 2.05) is 0 Å². The summed E-state index contributed by atoms with van der Waals surface area (Å²) in [4.78, 5) is 10.6. The zero-order valence-electron chi connectivity index (χ0n) is 6.05. The van der Waals surface area contributed by atoms with Crippen LogP contribution in [0.15, 0.2) is 0 Å². The van der Waals surface area contributed by atoms with Crippen molar-refractivity contribution in [2.75, 3.05) is 0 Å². The highest BCUT2D eigenvalue weighted by Gasteiger charge is 2.44. The lowest BCUT2D eigenvalue weighted by atomic mass is 10.1. The van der Waals surface area contributed by atoms with Gasteiger partial charge >= 0.3 is 0 Å². The predicted molar refractivity (Wildman–Crippen MR) is 34.2 cm³/mol. The molecule has 9 heavy (non-hydrogen) atoms. The second-order valence-electron chi connectivity index (χ2n) is 2.88. The van der Waals surface area contributed by atoms with Crippen LogP contribution in [0, 0.1) is 5.92 Å². The van der Waals surface area contributed by atoms with Crippen molar-refractivity contribution in [1.29, 1.82) is 0 Å². The van der Waals surface area contributed by atoms with Gasteiger partial charge in [0.25, 0.3) is 0 Å². The highest BCUT2D eigenvalue weighted by Crippen LogP contribution is 2.29. The number of rotatable bonds is 2. The maximum absolute atomic E-state index is 10.6. The summed E-state index contributed by atoms with van der Waals surface area (Å²) in [7, 11) is 0. The summed E-state index contributed by atoms with van der Waals surface area (Å²) in [5.41, 5.74) is 0. The van der Waals surface area contributed by atoms with Crippen molar-refractivity contribution < 1.29 is 9.53 Å². The van der Waals surface area contributed by atoms with Crippen LogP contribution in [-0.4, -0.2) is 18.0 Å². The van der Waals surface area contributed by atoms with E-state index in [-0.39, 0.29) is 18.0 Å². The summed E-state index contributed by atoms with van der Waals surface area (Å²) < 4.78 is 5.09. The van der Waals surface area contributed by atoms with E-state index in [1.165, 1.54) is 0 Å². The first-order valence-electron chi connectivity index (χ1n) is 3.29. The summed E-state index contributed by atoms with van der Waals surface area (Å²) in [6.45, 7) is 5.70. The Labute approximate surface area is 55.2 Å². The van der Waals surface area contributed by atoms with Gasteiger partial charge in [0.2, 0.25) is 0 Å². The third kappa shape index (κ3) is 1.30. The van der Waals surface area contributed by atoms with Crippen molar-refractivity contribution in [2.24, 2.45) is 5.92 Å². The Morgan fingerprint density at radius 1 is 1.56 bits per heavy atom. The molecule has 2 nitrogen and oxygen atoms in total. The number of hydrogen-bond donors (Lipinski definition) is 0. The van der Waals surface area contributed by atoms with Crippen molar-refractivity contribution in [1.82, 2.24) is 0 Å². The molecule has 0 aromatic rings. The molecule has 0 amide bonds. The Balaban J connectivity index is 2.33. The molecule has 0 N–H and O–H groups in total. The molecule has 0 aliphatic carbocycles. The monoisotopic (exact) mass is 128 g/mol. The maximum atomic E-state index is 10.6. The van der Waals surface area contributed by atoms with Gasteiger partial charge in [0, 0.05) is 0 Å². The van der Waals surface area contributed by atoms with Crippen molar-refractivity contribution in [2.45, 2.75) is 33.0 Å². The van der Waals surface area contributed by atoms with Gasteiger partial charge in [-0.05, 0) is 12.8 Å². The molecular formula is C7H12O2. The molecule has 0 aromatic heterocycles. The quantitative estimate of drug-likeness (QED) is 0.519. The van der Waals surface area contributed by atoms with Crippen LogP contribution >= 0.6 is 0 Å². The van der Waals surface area contributed by atoms with Gasteiger partial charge in [0.1, 0.15) is 6.10 Å². The molecule has 1 saturated heterocycles. The van der Waals surface area contributed by atoms with Crippen LogP contribution < -0.4 is 0 Å². The van der Waals surface area contributed by atoms with Crippen LogP contribution in [0.5, 0.6) is 0 Å². The molecule has 1 rings (SSSR count). The largest absolute Gasteiger partial charge is 0.361 e. The van der Waals surface area contributed by atoms with Crippen molar-refractivity contribution in [3.8, 4) is 0 Å². The third-order valence-electron chi connectivity index (χ3n) is 1.58. The van der Waals surface area contributed by atoms with Gasteiger partial charge in [0.15, 0.2) is 5.78 Å². The first kappa shape index (κ1) is 6.75. The molecule has 0 unspecified atom stereocenters. The van der Waals surface area contributed by atoms with Gasteiger partial charge < -0.3 is 4.74 Å². The highest BCUT2D eigenvalue weighted by atomic mass is 16.6. The smallest absolute Gasteiger partial charge is 0.161 e. The number of carbonyl (C=O) groups is 1. The minimum absolute atomic E-state index is 0.0787. The molecule has 0 saturated carbocycles. The fourth-order valence-corrected chi connectivity index (χ4v) is 0.958. The Bertz CT molecular complexity index is 129. The average Bonchev–Trinajstić information content (AvgIpc) is 2.39. The molecular weight excluding hydrogens is 116 g/mol. The Morgan fingerprint density at radius 3 is 2.22 bits per heavy atom. The van der Waals surface area contributed by atoms with Crippen LogP contribution in [0.1, 0.15) is 20.8 Å². The molecule has 2 atom stereocenters. The van der Waals surface area contributed by atoms with E-state index in [2.05, 4.69) is 13.8 Å². The zero-order valence-corrected chi connectivity index (χ0v) is 6.05. The second-order valence-corrected chi connectivity index (χ2v) is 2.88. The third-order valence-corrected chi connectivity index (χ3v) is 1.58. The molecule has 1 aliphatic heterocycles. The standard InChI is InChI=1S/C7H12O2/c1-4(2)6-7(9-6)5(3)8/h4,6-7H,1-3H3/t6-,7-/m1/s1. The molecule has 0 aromatic carbocycles. The summed E-state index contributed by atoms with van der Waals surface area (Å²) in [6, 6.07) is 0. The van der Waals surface area contributed by atoms with E-state index in [0.29, 0.717) is 5.92 Å². The Hall–Kier alpha value is -0.370. The number of epoxide rings is 1. The summed E-state index contributed by atoms with van der Waals surface area (Å²) in [6.07, 6.45) is 0.132. The van der Waals surface area contributed by atoms with E-state index in [0.717, 1.165) is 0 Å². The van der Waals surface area contributed by atoms with E-state index < -0.39 is 0 Å². The van der Waals surface area contributed by atoms with Gasteiger partial charge in [-0.3, -0.25) is 4.79 Å². The summed E-state index contributed by atoms with van der Waals surface area (Å²) in [5, 5.41) is 0. The molecule has 0 radical (unpaired) electrons. The molecule has 1 aliphatic rings. The number of hydrogen-bond acceptors (Lipinski definition) is 2. The van der Waals surface area contributed by atoms with Crippen LogP contribution in [0.4, 0.5) is 0 Å². The van der Waals surface area contributed by atoms with Crippen LogP contribution in [-0.2, 0) is 9.53 Å². The summed E-state index contributed by atoms with van der Waals surface area (Å²) in [5.74, 6) is 0.646. The van der Waals surface area contributed by atoms with Crippen LogP contribution in [0.2, 0.25) is 0 Å². The normalized spacial score (nSPS) is 32.9. The number of carbonyl (C=O) groups excluding carboxylic acids is 1. The van der Waals surface area contributed by atoms with Crippen LogP contribution in [0.3, 0.4) is 0 Å². The molecule has 2 heteroatoms. The predicted octanol–water partition coefficient (Wildman–Crippen LogP) is 0.999. The van der Waals surface area contributed by atoms with E-state index in [9.17, 15) is 4.79 Å². The fourth-order valence-electron chi connectivity index (χ4n) is 0.958. The minimum Gasteiger partial charge on any atom is -0.361 e. The van der Waals surface area contributed by atoms with E-state index >= 15 is 0 Å². The number of ether oxygens (including phenoxy) is 1. The van der Waals surface area contributed by atoms with Crippen molar-refractivity contribution in [3.63, 3.8) is 0 Å². The van der Waals surface area contributed by atoms with E-state index in [1.54, 1.807) is 6.92 Å². The second kappa shape index (κ2) is 2.10. The number of ketones is 1. The lowest BCUT2D eigenvalue weighted by Gasteiger charge is -1.93. The molecule has 0 spiro atoms. The summed E-state index contributed by atoms with van der Waals surface area (Å²) >= 11 is 0. The SMILES string of the molecule is CC(=O)[C@H]1O[C@@H]1C(C)C.